The molecule has 6 rings (SSSR count). The molecule has 1 aliphatic carbocycles. The summed E-state index contributed by atoms with van der Waals surface area (Å²) >= 11 is 0. The van der Waals surface area contributed by atoms with Crippen LogP contribution in [0.25, 0.3) is 11.0 Å². The van der Waals surface area contributed by atoms with Crippen LogP contribution in [0.15, 0.2) is 66.6 Å². The molecule has 3 N–H and O–H groups in total. The second kappa shape index (κ2) is 10.9. The number of nitrogens with one attached hydrogen (secondary N) is 3. The third-order valence-corrected chi connectivity index (χ3v) is 7.87. The molecule has 1 aromatic carbocycles. The van der Waals surface area contributed by atoms with Crippen molar-refractivity contribution in [3.05, 3.63) is 84.1 Å². The molecular formula is C30H29FN8O2. The first kappa shape index (κ1) is 26.3. The molecular weight excluding hydrogens is 523 g/mol. The smallest absolute Gasteiger partial charge is 0.245 e. The number of nitrogens with zero attached hydrogens (tertiary/aromatic N) is 5. The van der Waals surface area contributed by atoms with Crippen molar-refractivity contribution < 1.29 is 13.9 Å². The Bertz CT molecular complexity index is 1720. The fourth-order valence-corrected chi connectivity index (χ4v) is 5.89. The minimum Gasteiger partial charge on any atom is -0.457 e. The van der Waals surface area contributed by atoms with Crippen molar-refractivity contribution >= 4 is 34.8 Å². The van der Waals surface area contributed by atoms with Gasteiger partial charge in [-0.05, 0) is 67.5 Å². The van der Waals surface area contributed by atoms with E-state index in [9.17, 15) is 4.79 Å². The Hall–Kier alpha value is -4.93. The lowest BCUT2D eigenvalue weighted by Crippen LogP contribution is -2.27. The highest BCUT2D eigenvalue weighted by Gasteiger charge is 2.42. The van der Waals surface area contributed by atoms with Crippen molar-refractivity contribution in [1.82, 2.24) is 24.8 Å². The molecule has 2 fully saturated rings. The summed E-state index contributed by atoms with van der Waals surface area (Å²) in [5.74, 6) is 1.91. The summed E-state index contributed by atoms with van der Waals surface area (Å²) in [5.41, 5.74) is 3.59. The monoisotopic (exact) mass is 552 g/mol. The summed E-state index contributed by atoms with van der Waals surface area (Å²) in [6, 6.07) is 10.2. The fourth-order valence-electron chi connectivity index (χ4n) is 5.89. The third kappa shape index (κ3) is 5.30. The number of likely N-dealkylation sites (tertiary alicyclic amines) is 1. The lowest BCUT2D eigenvalue weighted by atomic mass is 10.0. The number of pyridine rings is 2. The molecule has 3 aromatic heterocycles. The highest BCUT2D eigenvalue weighted by Crippen LogP contribution is 2.46. The summed E-state index contributed by atoms with van der Waals surface area (Å²) in [7, 11) is 0. The van der Waals surface area contributed by atoms with Crippen molar-refractivity contribution in [2.75, 3.05) is 18.4 Å². The highest BCUT2D eigenvalue weighted by molar-refractivity contribution is 5.88. The van der Waals surface area contributed by atoms with E-state index >= 15 is 4.39 Å². The maximum Gasteiger partial charge on any atom is 0.245 e. The van der Waals surface area contributed by atoms with E-state index in [1.807, 2.05) is 24.0 Å². The summed E-state index contributed by atoms with van der Waals surface area (Å²) in [4.78, 5) is 34.4. The van der Waals surface area contributed by atoms with Crippen molar-refractivity contribution in [3.8, 4) is 11.5 Å². The number of hydrogen-bond donors (Lipinski definition) is 3. The Morgan fingerprint density at radius 1 is 1.22 bits per heavy atom. The highest BCUT2D eigenvalue weighted by atomic mass is 19.1. The number of amides is 1. The van der Waals surface area contributed by atoms with Crippen LogP contribution in [0.3, 0.4) is 0 Å². The number of aryl methyl sites for hydroxylation is 1. The van der Waals surface area contributed by atoms with E-state index in [2.05, 4.69) is 31.8 Å². The van der Waals surface area contributed by atoms with E-state index in [4.69, 9.17) is 15.1 Å². The van der Waals surface area contributed by atoms with E-state index in [0.29, 0.717) is 51.2 Å². The quantitative estimate of drug-likeness (QED) is 0.168. The molecule has 11 heteroatoms. The van der Waals surface area contributed by atoms with Gasteiger partial charge in [0.15, 0.2) is 5.82 Å². The fraction of sp³-hybridized carbons (Fsp3) is 0.267. The topological polar surface area (TPSA) is 132 Å². The number of carbonyl (C=O) groups excluding carboxylic acids is 1. The molecule has 3 atom stereocenters. The first-order valence-electron chi connectivity index (χ1n) is 13.4. The van der Waals surface area contributed by atoms with Crippen molar-refractivity contribution in [3.63, 3.8) is 0 Å². The van der Waals surface area contributed by atoms with Gasteiger partial charge in [-0.2, -0.15) is 0 Å². The predicted octanol–water partition coefficient (Wildman–Crippen LogP) is 4.98. The van der Waals surface area contributed by atoms with Gasteiger partial charge in [0.25, 0.3) is 0 Å². The van der Waals surface area contributed by atoms with Gasteiger partial charge in [0, 0.05) is 43.0 Å². The first-order chi connectivity index (χ1) is 19.9. The molecule has 208 valence electrons. The van der Waals surface area contributed by atoms with Crippen LogP contribution in [-0.2, 0) is 4.79 Å². The minimum absolute atomic E-state index is 0.00225. The van der Waals surface area contributed by atoms with Gasteiger partial charge >= 0.3 is 0 Å². The Balaban J connectivity index is 1.23. The average Bonchev–Trinajstić information content (AvgIpc) is 3.56. The van der Waals surface area contributed by atoms with E-state index in [-0.39, 0.29) is 17.5 Å². The predicted molar refractivity (Wildman–Crippen MR) is 153 cm³/mol. The Labute approximate surface area is 235 Å². The standard InChI is InChI=1S/C30H29FN8O2/c1-3-28(40)39-13-19-9-18(10-20(19)14-39)23-4-5-24-29(37-23)30(36-16-35-24)38-25-8-17(2)26(12-22(25)31)41-21-6-7-33-27(11-21)34-15-32/h3-8,11-12,15-16,18-20H,1,9-10,13-14H2,2H3,(H2,32,33,34)(H,35,36,38)/t18-,19+,20-. The number of ether oxygens (including phenoxy) is 1. The number of fused-ring (bicyclic) bond motifs is 2. The molecule has 1 saturated carbocycles. The minimum atomic E-state index is -0.511. The van der Waals surface area contributed by atoms with Crippen LogP contribution in [0.5, 0.6) is 11.5 Å². The summed E-state index contributed by atoms with van der Waals surface area (Å²) in [5, 5.41) is 10.2. The van der Waals surface area contributed by atoms with Gasteiger partial charge in [0.05, 0.1) is 11.2 Å². The van der Waals surface area contributed by atoms with Gasteiger partial charge < -0.3 is 19.9 Å². The molecule has 10 nitrogen and oxygen atoms in total. The van der Waals surface area contributed by atoms with Crippen LogP contribution in [0, 0.1) is 30.0 Å². The van der Waals surface area contributed by atoms with Gasteiger partial charge in [-0.3, -0.25) is 10.2 Å². The molecule has 4 aromatic rings. The molecule has 41 heavy (non-hydrogen) atoms. The van der Waals surface area contributed by atoms with Gasteiger partial charge in [0.1, 0.15) is 41.0 Å². The number of carbonyl (C=O) groups is 1. The maximum atomic E-state index is 15.3. The molecule has 4 heterocycles. The summed E-state index contributed by atoms with van der Waals surface area (Å²) in [6.07, 6.45) is 7.31. The van der Waals surface area contributed by atoms with E-state index in [1.54, 1.807) is 24.4 Å². The molecule has 1 aliphatic heterocycles. The second-order valence-corrected chi connectivity index (χ2v) is 10.5. The van der Waals surface area contributed by atoms with Crippen LogP contribution >= 0.6 is 0 Å². The first-order valence-corrected chi connectivity index (χ1v) is 13.4. The average molecular weight is 553 g/mol. The number of aromatic nitrogens is 4. The Morgan fingerprint density at radius 3 is 2.78 bits per heavy atom. The van der Waals surface area contributed by atoms with E-state index in [1.165, 1.54) is 18.5 Å². The van der Waals surface area contributed by atoms with Crippen LogP contribution < -0.4 is 15.5 Å². The molecule has 1 amide bonds. The summed E-state index contributed by atoms with van der Waals surface area (Å²) < 4.78 is 21.2. The maximum absolute atomic E-state index is 15.3. The number of rotatable bonds is 7. The van der Waals surface area contributed by atoms with Crippen molar-refractivity contribution in [2.45, 2.75) is 25.7 Å². The molecule has 0 spiro atoms. The van der Waals surface area contributed by atoms with E-state index < -0.39 is 5.82 Å². The number of anilines is 2. The molecule has 2 aliphatic rings. The zero-order valence-electron chi connectivity index (χ0n) is 22.5. The molecule has 0 unspecified atom stereocenters. The number of H-pyrrole nitrogens is 1. The number of benzene rings is 1. The van der Waals surface area contributed by atoms with Crippen LogP contribution in [0.1, 0.15) is 30.0 Å². The number of aromatic amines is 1. The molecule has 1 saturated heterocycles. The van der Waals surface area contributed by atoms with Crippen molar-refractivity contribution in [1.29, 1.82) is 5.41 Å². The van der Waals surface area contributed by atoms with Crippen LogP contribution in [-0.4, -0.2) is 50.2 Å². The SMILES string of the molecule is C=CC(=O)N1C[C@H]2C[C@H](c3ccc4ncnc(Nc5cc(C)c(Oc6cc[nH]/c(=N\C=N)c6)cc5F)c4n3)C[C@H]2C1. The zero-order valence-corrected chi connectivity index (χ0v) is 22.5. The second-order valence-electron chi connectivity index (χ2n) is 10.5. The zero-order chi connectivity index (χ0) is 28.5. The van der Waals surface area contributed by atoms with Crippen LogP contribution in [0.2, 0.25) is 0 Å². The van der Waals surface area contributed by atoms with Gasteiger partial charge in [-0.1, -0.05) is 6.58 Å². The van der Waals surface area contributed by atoms with Crippen molar-refractivity contribution in [2.24, 2.45) is 16.8 Å². The Morgan fingerprint density at radius 2 is 2.02 bits per heavy atom. The largest absolute Gasteiger partial charge is 0.457 e. The molecule has 0 radical (unpaired) electrons. The number of halogens is 1. The Kier molecular flexibility index (Phi) is 7.00. The van der Waals surface area contributed by atoms with Gasteiger partial charge in [0.2, 0.25) is 5.91 Å². The van der Waals surface area contributed by atoms with E-state index in [0.717, 1.165) is 38.0 Å². The lowest BCUT2D eigenvalue weighted by Gasteiger charge is -2.18. The summed E-state index contributed by atoms with van der Waals surface area (Å²) in [6.45, 7) is 6.96. The van der Waals surface area contributed by atoms with Crippen LogP contribution in [0.4, 0.5) is 15.9 Å². The van der Waals surface area contributed by atoms with Gasteiger partial charge in [-0.15, -0.1) is 0 Å². The normalized spacial score (nSPS) is 20.2. The lowest BCUT2D eigenvalue weighted by molar-refractivity contribution is -0.125. The third-order valence-electron chi connectivity index (χ3n) is 7.87. The van der Waals surface area contributed by atoms with Gasteiger partial charge in [-0.25, -0.2) is 24.3 Å². The number of hydrogen-bond acceptors (Lipinski definition) is 7. The molecule has 0 bridgehead atoms.